The topological polar surface area (TPSA) is 46.4 Å². The van der Waals surface area contributed by atoms with Crippen molar-refractivity contribution in [1.29, 1.82) is 0 Å². The van der Waals surface area contributed by atoms with Crippen molar-refractivity contribution in [3.05, 3.63) is 86.2 Å². The van der Waals surface area contributed by atoms with Crippen LogP contribution in [0.1, 0.15) is 38.4 Å². The maximum Gasteiger partial charge on any atom is 0.272 e. The fourth-order valence-electron chi connectivity index (χ4n) is 3.29. The molecule has 3 aromatic rings. The predicted octanol–water partition coefficient (Wildman–Crippen LogP) is 5.78. The molecule has 1 heterocycles. The van der Waals surface area contributed by atoms with E-state index in [-0.39, 0.29) is 10.9 Å². The van der Waals surface area contributed by atoms with Gasteiger partial charge in [-0.05, 0) is 75.2 Å². The number of hydrazone groups is 1. The fraction of sp³-hybridized carbons (Fsp3) is 0.182. The van der Waals surface area contributed by atoms with E-state index in [9.17, 15) is 4.79 Å². The summed E-state index contributed by atoms with van der Waals surface area (Å²) in [5.41, 5.74) is 9.45. The Labute approximate surface area is 174 Å². The number of carbonyl (C=O) groups is 1. The number of carbonyl (C=O) groups excluding carboxylic acids is 1. The molecule has 1 aromatic heterocycles. The summed E-state index contributed by atoms with van der Waals surface area (Å²) in [6, 6.07) is 13.2. The van der Waals surface area contributed by atoms with Gasteiger partial charge >= 0.3 is 0 Å². The Hall–Kier alpha value is -2.56. The first-order chi connectivity index (χ1) is 13.3. The maximum atomic E-state index is 12.3. The quantitative estimate of drug-likeness (QED) is 0.427. The summed E-state index contributed by atoms with van der Waals surface area (Å²) >= 11 is 11.9. The summed E-state index contributed by atoms with van der Waals surface area (Å²) in [6.07, 6.45) is 1.64. The number of nitrogens with zero attached hydrogens (tertiary/aromatic N) is 2. The minimum absolute atomic E-state index is 0.285. The minimum Gasteiger partial charge on any atom is -0.318 e. The van der Waals surface area contributed by atoms with Gasteiger partial charge in [0.25, 0.3) is 5.91 Å². The lowest BCUT2D eigenvalue weighted by Gasteiger charge is -2.11. The minimum atomic E-state index is -0.388. The van der Waals surface area contributed by atoms with Gasteiger partial charge in [0.2, 0.25) is 0 Å². The van der Waals surface area contributed by atoms with E-state index in [1.165, 1.54) is 17.2 Å². The number of amides is 1. The summed E-state index contributed by atoms with van der Waals surface area (Å²) in [4.78, 5) is 12.3. The molecule has 3 rings (SSSR count). The largest absolute Gasteiger partial charge is 0.318 e. The SMILES string of the molecule is Cc1cc(C)cc(-n2c(C)cc(/C=N/NC(=O)c3ccc(Cl)cc3Cl)c2C)c1. The highest BCUT2D eigenvalue weighted by Crippen LogP contribution is 2.22. The number of hydrogen-bond donors (Lipinski definition) is 1. The lowest BCUT2D eigenvalue weighted by atomic mass is 10.1. The molecule has 2 aromatic carbocycles. The van der Waals surface area contributed by atoms with Gasteiger partial charge in [-0.2, -0.15) is 5.10 Å². The number of aryl methyl sites for hydroxylation is 3. The van der Waals surface area contributed by atoms with E-state index in [1.54, 1.807) is 18.3 Å². The molecule has 0 aliphatic heterocycles. The molecule has 0 atom stereocenters. The van der Waals surface area contributed by atoms with Crippen LogP contribution in [0.5, 0.6) is 0 Å². The lowest BCUT2D eigenvalue weighted by molar-refractivity contribution is 0.0955. The molecule has 0 saturated carbocycles. The predicted molar refractivity (Wildman–Crippen MR) is 116 cm³/mol. The molecule has 0 fully saturated rings. The van der Waals surface area contributed by atoms with Crippen LogP contribution in [0.4, 0.5) is 0 Å². The zero-order valence-corrected chi connectivity index (χ0v) is 17.7. The molecule has 28 heavy (non-hydrogen) atoms. The summed E-state index contributed by atoms with van der Waals surface area (Å²) in [5.74, 6) is -0.388. The standard InChI is InChI=1S/C22H21Cl2N3O/c1-13-7-14(2)9-19(8-13)27-15(3)10-17(16(27)4)12-25-26-22(28)20-6-5-18(23)11-21(20)24/h5-12H,1-4H3,(H,26,28)/b25-12+. The van der Waals surface area contributed by atoms with E-state index in [4.69, 9.17) is 23.2 Å². The van der Waals surface area contributed by atoms with Gasteiger partial charge in [-0.3, -0.25) is 4.79 Å². The molecule has 6 heteroatoms. The summed E-state index contributed by atoms with van der Waals surface area (Å²) in [7, 11) is 0. The lowest BCUT2D eigenvalue weighted by Crippen LogP contribution is -2.18. The third-order valence-corrected chi connectivity index (χ3v) is 5.03. The molecule has 144 valence electrons. The van der Waals surface area contributed by atoms with Crippen molar-refractivity contribution < 1.29 is 4.79 Å². The number of nitrogens with one attached hydrogen (secondary N) is 1. The second kappa shape index (κ2) is 8.21. The van der Waals surface area contributed by atoms with Crippen LogP contribution in [0, 0.1) is 27.7 Å². The highest BCUT2D eigenvalue weighted by Gasteiger charge is 2.12. The number of rotatable bonds is 4. The zero-order valence-electron chi connectivity index (χ0n) is 16.2. The van der Waals surface area contributed by atoms with Gasteiger partial charge in [-0.1, -0.05) is 29.3 Å². The van der Waals surface area contributed by atoms with E-state index < -0.39 is 0 Å². The van der Waals surface area contributed by atoms with Crippen LogP contribution in [0.2, 0.25) is 10.0 Å². The highest BCUT2D eigenvalue weighted by molar-refractivity contribution is 6.36. The maximum absolute atomic E-state index is 12.3. The molecular weight excluding hydrogens is 393 g/mol. The Bertz CT molecular complexity index is 1060. The van der Waals surface area contributed by atoms with Crippen LogP contribution < -0.4 is 5.43 Å². The molecule has 0 aliphatic rings. The van der Waals surface area contributed by atoms with Gasteiger partial charge in [0, 0.05) is 27.7 Å². The van der Waals surface area contributed by atoms with Crippen LogP contribution in [-0.2, 0) is 0 Å². The van der Waals surface area contributed by atoms with Crippen molar-refractivity contribution in [2.24, 2.45) is 5.10 Å². The van der Waals surface area contributed by atoms with Gasteiger partial charge in [-0.15, -0.1) is 0 Å². The number of aromatic nitrogens is 1. The highest BCUT2D eigenvalue weighted by atomic mass is 35.5. The van der Waals surface area contributed by atoms with Gasteiger partial charge in [0.15, 0.2) is 0 Å². The van der Waals surface area contributed by atoms with Gasteiger partial charge in [-0.25, -0.2) is 5.43 Å². The van der Waals surface area contributed by atoms with Crippen molar-refractivity contribution in [2.75, 3.05) is 0 Å². The molecule has 0 spiro atoms. The average Bonchev–Trinajstić information content (AvgIpc) is 2.87. The van der Waals surface area contributed by atoms with Crippen molar-refractivity contribution in [3.8, 4) is 5.69 Å². The molecule has 1 amide bonds. The van der Waals surface area contributed by atoms with Crippen molar-refractivity contribution in [2.45, 2.75) is 27.7 Å². The Balaban J connectivity index is 1.82. The normalized spacial score (nSPS) is 11.2. The number of hydrogen-bond acceptors (Lipinski definition) is 2. The smallest absolute Gasteiger partial charge is 0.272 e. The molecule has 4 nitrogen and oxygen atoms in total. The van der Waals surface area contributed by atoms with E-state index >= 15 is 0 Å². The monoisotopic (exact) mass is 413 g/mol. The van der Waals surface area contributed by atoms with Crippen LogP contribution in [0.15, 0.2) is 47.6 Å². The fourth-order valence-corrected chi connectivity index (χ4v) is 3.78. The first-order valence-electron chi connectivity index (χ1n) is 8.82. The van der Waals surface area contributed by atoms with E-state index in [0.29, 0.717) is 10.6 Å². The first kappa shape index (κ1) is 20.2. The van der Waals surface area contributed by atoms with Crippen molar-refractivity contribution in [1.82, 2.24) is 9.99 Å². The second-order valence-corrected chi connectivity index (χ2v) is 7.67. The molecule has 0 unspecified atom stereocenters. The Kier molecular flexibility index (Phi) is 5.92. The van der Waals surface area contributed by atoms with Gasteiger partial charge in [0.05, 0.1) is 16.8 Å². The number of benzene rings is 2. The molecule has 0 saturated heterocycles. The molecule has 1 N–H and O–H groups in total. The summed E-state index contributed by atoms with van der Waals surface area (Å²) < 4.78 is 2.18. The van der Waals surface area contributed by atoms with Crippen LogP contribution in [-0.4, -0.2) is 16.7 Å². The van der Waals surface area contributed by atoms with E-state index in [1.807, 2.05) is 19.9 Å². The summed E-state index contributed by atoms with van der Waals surface area (Å²) in [5, 5.41) is 4.86. The molecular formula is C22H21Cl2N3O. The Morgan fingerprint density at radius 2 is 1.68 bits per heavy atom. The van der Waals surface area contributed by atoms with E-state index in [0.717, 1.165) is 22.6 Å². The molecule has 0 radical (unpaired) electrons. The van der Waals surface area contributed by atoms with Gasteiger partial charge < -0.3 is 4.57 Å². The third kappa shape index (κ3) is 4.29. The van der Waals surface area contributed by atoms with Crippen LogP contribution >= 0.6 is 23.2 Å². The van der Waals surface area contributed by atoms with Crippen LogP contribution in [0.3, 0.4) is 0 Å². The average molecular weight is 414 g/mol. The molecule has 0 aliphatic carbocycles. The zero-order chi connectivity index (χ0) is 20.4. The summed E-state index contributed by atoms with van der Waals surface area (Å²) in [6.45, 7) is 8.26. The Morgan fingerprint density at radius 1 is 1.00 bits per heavy atom. The molecule has 0 bridgehead atoms. The van der Waals surface area contributed by atoms with Crippen molar-refractivity contribution >= 4 is 35.3 Å². The number of halogens is 2. The second-order valence-electron chi connectivity index (χ2n) is 6.83. The third-order valence-electron chi connectivity index (χ3n) is 4.48. The van der Waals surface area contributed by atoms with Crippen molar-refractivity contribution in [3.63, 3.8) is 0 Å². The first-order valence-corrected chi connectivity index (χ1v) is 9.58. The van der Waals surface area contributed by atoms with E-state index in [2.05, 4.69) is 47.1 Å². The van der Waals surface area contributed by atoms with Crippen LogP contribution in [0.25, 0.3) is 5.69 Å². The Morgan fingerprint density at radius 3 is 2.32 bits per heavy atom. The van der Waals surface area contributed by atoms with Gasteiger partial charge in [0.1, 0.15) is 0 Å².